The molecule has 0 bridgehead atoms. The van der Waals surface area contributed by atoms with Gasteiger partial charge in [-0.25, -0.2) is 0 Å². The van der Waals surface area contributed by atoms with E-state index in [1.807, 2.05) is 12.1 Å². The molecule has 0 aliphatic carbocycles. The zero-order valence-electron chi connectivity index (χ0n) is 26.5. The smallest absolute Gasteiger partial charge is 0.137 e. The molecule has 10 rings (SSSR count). The first-order chi connectivity index (χ1) is 24.3. The summed E-state index contributed by atoms with van der Waals surface area (Å²) in [6.45, 7) is 0. The molecule has 0 spiro atoms. The van der Waals surface area contributed by atoms with Gasteiger partial charge in [-0.3, -0.25) is 0 Å². The standard InChI is InChI=1S/C46H29NO2/c1-4-11-30(12-5-1)32-19-22-37-38-23-20-34(28-44(38)49-43(37)27-32)47(33-15-8-3-9-16-33)35-21-24-39-41-18-10-17-40-36(31-13-6-2-7-14-31)25-26-42(46(40)41)48-45(39)29-35/h1-29H. The predicted octanol–water partition coefficient (Wildman–Crippen LogP) is 13.3. The fraction of sp³-hybridized carbons (Fsp3) is 0. The highest BCUT2D eigenvalue weighted by Gasteiger charge is 2.24. The van der Waals surface area contributed by atoms with Gasteiger partial charge in [-0.15, -0.1) is 0 Å². The minimum atomic E-state index is 0.837. The van der Waals surface area contributed by atoms with Crippen LogP contribution in [0.5, 0.6) is 11.5 Å². The van der Waals surface area contributed by atoms with Crippen LogP contribution in [0.25, 0.3) is 66.1 Å². The lowest BCUT2D eigenvalue weighted by Gasteiger charge is -2.28. The Labute approximate surface area is 283 Å². The van der Waals surface area contributed by atoms with Crippen molar-refractivity contribution >= 4 is 49.8 Å². The lowest BCUT2D eigenvalue weighted by molar-refractivity contribution is 0.487. The quantitative estimate of drug-likeness (QED) is 0.190. The van der Waals surface area contributed by atoms with E-state index in [2.05, 4.69) is 169 Å². The van der Waals surface area contributed by atoms with E-state index < -0.39 is 0 Å². The second-order valence-electron chi connectivity index (χ2n) is 12.5. The molecule has 0 atom stereocenters. The third-order valence-corrected chi connectivity index (χ3v) is 9.66. The molecule has 0 unspecified atom stereocenters. The van der Waals surface area contributed by atoms with Crippen molar-refractivity contribution in [3.8, 4) is 44.9 Å². The number of furan rings is 1. The first-order valence-corrected chi connectivity index (χ1v) is 16.6. The molecule has 230 valence electrons. The molecule has 0 radical (unpaired) electrons. The minimum Gasteiger partial charge on any atom is -0.456 e. The van der Waals surface area contributed by atoms with Gasteiger partial charge in [-0.1, -0.05) is 109 Å². The van der Waals surface area contributed by atoms with Gasteiger partial charge in [0, 0.05) is 50.9 Å². The molecule has 0 fully saturated rings. The Hall–Kier alpha value is -6.58. The minimum absolute atomic E-state index is 0.837. The van der Waals surface area contributed by atoms with Crippen molar-refractivity contribution in [3.63, 3.8) is 0 Å². The average Bonchev–Trinajstić information content (AvgIpc) is 3.53. The van der Waals surface area contributed by atoms with E-state index in [9.17, 15) is 0 Å². The normalized spacial score (nSPS) is 11.8. The molecule has 1 aliphatic heterocycles. The van der Waals surface area contributed by atoms with Crippen molar-refractivity contribution in [1.82, 2.24) is 0 Å². The first-order valence-electron chi connectivity index (χ1n) is 16.6. The summed E-state index contributed by atoms with van der Waals surface area (Å²) < 4.78 is 13.2. The molecule has 2 heterocycles. The van der Waals surface area contributed by atoms with Crippen molar-refractivity contribution < 1.29 is 9.15 Å². The molecule has 0 saturated heterocycles. The highest BCUT2D eigenvalue weighted by atomic mass is 16.5. The molecule has 49 heavy (non-hydrogen) atoms. The Morgan fingerprint density at radius 1 is 0.347 bits per heavy atom. The van der Waals surface area contributed by atoms with E-state index >= 15 is 0 Å². The van der Waals surface area contributed by atoms with E-state index in [0.29, 0.717) is 0 Å². The predicted molar refractivity (Wildman–Crippen MR) is 202 cm³/mol. The topological polar surface area (TPSA) is 25.6 Å². The van der Waals surface area contributed by atoms with Crippen molar-refractivity contribution in [2.45, 2.75) is 0 Å². The summed E-state index contributed by atoms with van der Waals surface area (Å²) in [5.41, 5.74) is 11.8. The van der Waals surface area contributed by atoms with Crippen LogP contribution < -0.4 is 9.64 Å². The van der Waals surface area contributed by atoms with E-state index in [1.165, 1.54) is 27.6 Å². The average molecular weight is 628 g/mol. The van der Waals surface area contributed by atoms with Gasteiger partial charge < -0.3 is 14.1 Å². The largest absolute Gasteiger partial charge is 0.456 e. The zero-order valence-corrected chi connectivity index (χ0v) is 26.5. The zero-order chi connectivity index (χ0) is 32.3. The maximum atomic E-state index is 6.72. The number of rotatable bonds is 5. The van der Waals surface area contributed by atoms with Crippen molar-refractivity contribution in [2.24, 2.45) is 0 Å². The number of hydrogen-bond donors (Lipinski definition) is 0. The Bertz CT molecular complexity index is 2680. The van der Waals surface area contributed by atoms with Gasteiger partial charge in [0.05, 0.1) is 0 Å². The molecule has 1 aromatic heterocycles. The van der Waals surface area contributed by atoms with Crippen LogP contribution in [-0.4, -0.2) is 0 Å². The molecule has 1 aliphatic rings. The van der Waals surface area contributed by atoms with Gasteiger partial charge in [-0.05, 0) is 87.8 Å². The highest BCUT2D eigenvalue weighted by molar-refractivity contribution is 6.10. The highest BCUT2D eigenvalue weighted by Crippen LogP contribution is 2.50. The van der Waals surface area contributed by atoms with Crippen LogP contribution in [0.3, 0.4) is 0 Å². The Morgan fingerprint density at radius 2 is 1.00 bits per heavy atom. The molecule has 3 heteroatoms. The number of ether oxygens (including phenoxy) is 1. The Morgan fingerprint density at radius 3 is 1.80 bits per heavy atom. The second-order valence-corrected chi connectivity index (χ2v) is 12.5. The summed E-state index contributed by atoms with van der Waals surface area (Å²) in [4.78, 5) is 2.26. The molecular formula is C46H29NO2. The fourth-order valence-electron chi connectivity index (χ4n) is 7.37. The number of hydrogen-bond acceptors (Lipinski definition) is 3. The number of fused-ring (bicyclic) bond motifs is 5. The van der Waals surface area contributed by atoms with Crippen molar-refractivity contribution in [3.05, 3.63) is 176 Å². The summed E-state index contributed by atoms with van der Waals surface area (Å²) in [5.74, 6) is 1.71. The van der Waals surface area contributed by atoms with Crippen molar-refractivity contribution in [2.75, 3.05) is 4.90 Å². The Kier molecular flexibility index (Phi) is 6.18. The molecule has 8 aromatic carbocycles. The van der Waals surface area contributed by atoms with Crippen LogP contribution in [0.2, 0.25) is 0 Å². The van der Waals surface area contributed by atoms with Gasteiger partial charge >= 0.3 is 0 Å². The third-order valence-electron chi connectivity index (χ3n) is 9.66. The maximum absolute atomic E-state index is 6.72. The first kappa shape index (κ1) is 27.5. The van der Waals surface area contributed by atoms with Crippen LogP contribution in [0, 0.1) is 0 Å². The van der Waals surface area contributed by atoms with E-state index in [-0.39, 0.29) is 0 Å². The molecular weight excluding hydrogens is 599 g/mol. The fourth-order valence-corrected chi connectivity index (χ4v) is 7.37. The van der Waals surface area contributed by atoms with Crippen molar-refractivity contribution in [1.29, 1.82) is 0 Å². The lowest BCUT2D eigenvalue weighted by Crippen LogP contribution is -2.10. The maximum Gasteiger partial charge on any atom is 0.137 e. The van der Waals surface area contributed by atoms with Crippen LogP contribution in [0.1, 0.15) is 0 Å². The molecule has 0 amide bonds. The second kappa shape index (κ2) is 11.0. The number of anilines is 3. The monoisotopic (exact) mass is 627 g/mol. The number of para-hydroxylation sites is 1. The summed E-state index contributed by atoms with van der Waals surface area (Å²) in [7, 11) is 0. The summed E-state index contributed by atoms with van der Waals surface area (Å²) in [6.07, 6.45) is 0. The van der Waals surface area contributed by atoms with Gasteiger partial charge in [0.1, 0.15) is 22.7 Å². The van der Waals surface area contributed by atoms with Gasteiger partial charge in [0.25, 0.3) is 0 Å². The van der Waals surface area contributed by atoms with Crippen LogP contribution in [0.4, 0.5) is 17.1 Å². The van der Waals surface area contributed by atoms with Gasteiger partial charge in [0.2, 0.25) is 0 Å². The molecule has 0 saturated carbocycles. The van der Waals surface area contributed by atoms with Crippen LogP contribution in [-0.2, 0) is 0 Å². The number of nitrogens with zero attached hydrogens (tertiary/aromatic N) is 1. The summed E-state index contributed by atoms with van der Waals surface area (Å²) >= 11 is 0. The summed E-state index contributed by atoms with van der Waals surface area (Å²) in [5, 5.41) is 4.55. The van der Waals surface area contributed by atoms with Gasteiger partial charge in [-0.2, -0.15) is 0 Å². The van der Waals surface area contributed by atoms with Crippen LogP contribution in [0.15, 0.2) is 180 Å². The third kappa shape index (κ3) is 4.51. The van der Waals surface area contributed by atoms with E-state index in [1.54, 1.807) is 0 Å². The Balaban J connectivity index is 1.09. The SMILES string of the molecule is c1ccc(-c2ccc3c(c2)oc2cc(N(c4ccccc4)c4ccc5c(c4)Oc4ccc(-c6ccccc6)c6cccc-5c46)ccc23)cc1. The van der Waals surface area contributed by atoms with Crippen LogP contribution >= 0.6 is 0 Å². The van der Waals surface area contributed by atoms with Gasteiger partial charge in [0.15, 0.2) is 0 Å². The number of benzene rings is 8. The van der Waals surface area contributed by atoms with E-state index in [0.717, 1.165) is 67.0 Å². The van der Waals surface area contributed by atoms with E-state index in [4.69, 9.17) is 9.15 Å². The molecule has 3 nitrogen and oxygen atoms in total. The molecule has 0 N–H and O–H groups in total. The molecule has 9 aromatic rings. The summed E-state index contributed by atoms with van der Waals surface area (Å²) in [6, 6.07) is 61.8. The lowest BCUT2D eigenvalue weighted by atomic mass is 9.90.